The van der Waals surface area contributed by atoms with Crippen LogP contribution in [0.25, 0.3) is 0 Å². The van der Waals surface area contributed by atoms with Gasteiger partial charge in [-0.2, -0.15) is 0 Å². The van der Waals surface area contributed by atoms with Crippen LogP contribution in [-0.4, -0.2) is 52.8 Å². The monoisotopic (exact) mass is 471 g/mol. The minimum atomic E-state index is -1.11. The molecule has 1 atom stereocenters. The molecule has 1 saturated carbocycles. The van der Waals surface area contributed by atoms with Gasteiger partial charge in [-0.15, -0.1) is 0 Å². The van der Waals surface area contributed by atoms with Crippen molar-refractivity contribution >= 4 is 17.8 Å². The summed E-state index contributed by atoms with van der Waals surface area (Å²) in [5.74, 6) is -0.319. The molecular weight excluding hydrogens is 433 g/mol. The standard InChI is InChI=1S/C27H38FN3O3/c1-19(2)18-31-24(33)27(29-25(31)34,17-20-8-7-9-22(28)16-20)21-10-14-30(15-11-21)23(32)26(3)12-5-4-6-13-26/h7-9,16,19,21H,4-6,10-15,17-18H2,1-3H3,(H,29,34)/t27-/m0/s1. The van der Waals surface area contributed by atoms with Gasteiger partial charge in [-0.25, -0.2) is 9.18 Å². The highest BCUT2D eigenvalue weighted by atomic mass is 19.1. The van der Waals surface area contributed by atoms with Crippen molar-refractivity contribution in [3.05, 3.63) is 35.6 Å². The van der Waals surface area contributed by atoms with Gasteiger partial charge >= 0.3 is 6.03 Å². The largest absolute Gasteiger partial charge is 0.342 e. The topological polar surface area (TPSA) is 69.7 Å². The number of rotatable bonds is 6. The van der Waals surface area contributed by atoms with Crippen molar-refractivity contribution in [3.63, 3.8) is 0 Å². The number of hydrogen-bond donors (Lipinski definition) is 1. The second-order valence-corrected chi connectivity index (χ2v) is 11.2. The van der Waals surface area contributed by atoms with Crippen LogP contribution in [0.3, 0.4) is 0 Å². The number of piperidine rings is 1. The van der Waals surface area contributed by atoms with Gasteiger partial charge in [-0.05, 0) is 55.2 Å². The number of nitrogens with one attached hydrogen (secondary N) is 1. The summed E-state index contributed by atoms with van der Waals surface area (Å²) in [4.78, 5) is 43.3. The van der Waals surface area contributed by atoms with E-state index in [1.807, 2.05) is 18.7 Å². The van der Waals surface area contributed by atoms with E-state index in [9.17, 15) is 18.8 Å². The summed E-state index contributed by atoms with van der Waals surface area (Å²) in [5.41, 5.74) is -0.701. The lowest BCUT2D eigenvalue weighted by molar-refractivity contribution is -0.145. The molecule has 4 rings (SSSR count). The lowest BCUT2D eigenvalue weighted by Crippen LogP contribution is -2.58. The van der Waals surface area contributed by atoms with Crippen LogP contribution in [0.15, 0.2) is 24.3 Å². The highest BCUT2D eigenvalue weighted by molar-refractivity contribution is 6.07. The van der Waals surface area contributed by atoms with Crippen LogP contribution in [0, 0.1) is 23.1 Å². The van der Waals surface area contributed by atoms with E-state index in [0.29, 0.717) is 38.0 Å². The number of amides is 4. The fourth-order valence-electron chi connectivity index (χ4n) is 6.19. The van der Waals surface area contributed by atoms with E-state index < -0.39 is 5.54 Å². The SMILES string of the molecule is CC(C)CN1C(=O)N[C@@](Cc2cccc(F)c2)(C2CCN(C(=O)C3(C)CCCCC3)CC2)C1=O. The third-order valence-corrected chi connectivity index (χ3v) is 8.07. The van der Waals surface area contributed by atoms with Crippen LogP contribution >= 0.6 is 0 Å². The first kappa shape index (κ1) is 24.7. The van der Waals surface area contributed by atoms with Gasteiger partial charge < -0.3 is 10.2 Å². The average Bonchev–Trinajstić information content (AvgIpc) is 3.04. The summed E-state index contributed by atoms with van der Waals surface area (Å²) in [6, 6.07) is 5.89. The summed E-state index contributed by atoms with van der Waals surface area (Å²) in [5, 5.41) is 3.04. The molecule has 4 amide bonds. The molecule has 2 heterocycles. The fraction of sp³-hybridized carbons (Fsp3) is 0.667. The van der Waals surface area contributed by atoms with Crippen LogP contribution < -0.4 is 5.32 Å². The predicted octanol–water partition coefficient (Wildman–Crippen LogP) is 4.52. The molecule has 3 aliphatic rings. The van der Waals surface area contributed by atoms with Gasteiger partial charge in [0.2, 0.25) is 5.91 Å². The van der Waals surface area contributed by atoms with Crippen LogP contribution in [0.1, 0.15) is 71.3 Å². The summed E-state index contributed by atoms with van der Waals surface area (Å²) in [6.07, 6.45) is 6.80. The minimum absolute atomic E-state index is 0.118. The Kier molecular flexibility index (Phi) is 7.02. The lowest BCUT2D eigenvalue weighted by atomic mass is 9.72. The van der Waals surface area contributed by atoms with Gasteiger partial charge in [0, 0.05) is 31.5 Å². The minimum Gasteiger partial charge on any atom is -0.342 e. The van der Waals surface area contributed by atoms with E-state index in [2.05, 4.69) is 12.2 Å². The molecule has 0 spiro atoms. The number of carbonyl (C=O) groups excluding carboxylic acids is 3. The molecule has 0 bridgehead atoms. The number of carbonyl (C=O) groups is 3. The number of halogens is 1. The Labute approximate surface area is 202 Å². The number of urea groups is 1. The normalized spacial score (nSPS) is 25.7. The number of imide groups is 1. The Bertz CT molecular complexity index is 935. The van der Waals surface area contributed by atoms with Crippen molar-refractivity contribution in [1.82, 2.24) is 15.1 Å². The quantitative estimate of drug-likeness (QED) is 0.620. The first-order valence-corrected chi connectivity index (χ1v) is 12.8. The molecule has 2 aliphatic heterocycles. The van der Waals surface area contributed by atoms with Crippen LogP contribution in [0.2, 0.25) is 0 Å². The van der Waals surface area contributed by atoms with E-state index in [1.54, 1.807) is 12.1 Å². The Hall–Kier alpha value is -2.44. The van der Waals surface area contributed by atoms with E-state index in [1.165, 1.54) is 23.5 Å². The second-order valence-electron chi connectivity index (χ2n) is 11.2. The molecular formula is C27H38FN3O3. The Morgan fingerprint density at radius 1 is 1.15 bits per heavy atom. The van der Waals surface area contributed by atoms with Crippen molar-refractivity contribution in [2.75, 3.05) is 19.6 Å². The zero-order valence-electron chi connectivity index (χ0n) is 20.7. The maximum atomic E-state index is 14.0. The van der Waals surface area contributed by atoms with E-state index in [0.717, 1.165) is 25.7 Å². The summed E-state index contributed by atoms with van der Waals surface area (Å²) < 4.78 is 14.0. The summed E-state index contributed by atoms with van der Waals surface area (Å²) in [7, 11) is 0. The van der Waals surface area contributed by atoms with Gasteiger partial charge in [-0.1, -0.05) is 52.2 Å². The zero-order valence-corrected chi connectivity index (χ0v) is 20.7. The third kappa shape index (κ3) is 4.71. The lowest BCUT2D eigenvalue weighted by Gasteiger charge is -2.44. The number of benzene rings is 1. The van der Waals surface area contributed by atoms with E-state index in [-0.39, 0.29) is 47.3 Å². The smallest absolute Gasteiger partial charge is 0.325 e. The highest BCUT2D eigenvalue weighted by Crippen LogP contribution is 2.41. The van der Waals surface area contributed by atoms with Crippen molar-refractivity contribution < 1.29 is 18.8 Å². The fourth-order valence-corrected chi connectivity index (χ4v) is 6.19. The summed E-state index contributed by atoms with van der Waals surface area (Å²) >= 11 is 0. The number of hydrogen-bond acceptors (Lipinski definition) is 3. The van der Waals surface area contributed by atoms with E-state index in [4.69, 9.17) is 0 Å². The van der Waals surface area contributed by atoms with Gasteiger partial charge in [0.15, 0.2) is 0 Å². The van der Waals surface area contributed by atoms with Crippen molar-refractivity contribution in [2.45, 2.75) is 77.7 Å². The number of nitrogens with zero attached hydrogens (tertiary/aromatic N) is 2. The number of likely N-dealkylation sites (tertiary alicyclic amines) is 1. The van der Waals surface area contributed by atoms with Crippen molar-refractivity contribution in [3.8, 4) is 0 Å². The first-order chi connectivity index (χ1) is 16.1. The Morgan fingerprint density at radius 3 is 2.44 bits per heavy atom. The third-order valence-electron chi connectivity index (χ3n) is 8.07. The first-order valence-electron chi connectivity index (χ1n) is 12.8. The molecule has 3 fully saturated rings. The molecule has 34 heavy (non-hydrogen) atoms. The van der Waals surface area contributed by atoms with E-state index >= 15 is 0 Å². The van der Waals surface area contributed by atoms with Gasteiger partial charge in [0.05, 0.1) is 0 Å². The molecule has 0 radical (unpaired) electrons. The average molecular weight is 472 g/mol. The molecule has 1 aromatic rings. The molecule has 1 N–H and O–H groups in total. The van der Waals surface area contributed by atoms with Gasteiger partial charge in [0.25, 0.3) is 5.91 Å². The second kappa shape index (κ2) is 9.67. The highest BCUT2D eigenvalue weighted by Gasteiger charge is 2.56. The van der Waals surface area contributed by atoms with Crippen LogP contribution in [0.4, 0.5) is 9.18 Å². The molecule has 2 saturated heterocycles. The predicted molar refractivity (Wildman–Crippen MR) is 128 cm³/mol. The van der Waals surface area contributed by atoms with Crippen LogP contribution in [-0.2, 0) is 16.0 Å². The molecule has 1 aromatic carbocycles. The van der Waals surface area contributed by atoms with Gasteiger partial charge in [-0.3, -0.25) is 14.5 Å². The molecule has 186 valence electrons. The van der Waals surface area contributed by atoms with Gasteiger partial charge in [0.1, 0.15) is 11.4 Å². The maximum Gasteiger partial charge on any atom is 0.325 e. The molecule has 1 aliphatic carbocycles. The van der Waals surface area contributed by atoms with Crippen molar-refractivity contribution in [1.29, 1.82) is 0 Å². The Balaban J connectivity index is 1.55. The molecule has 0 aromatic heterocycles. The van der Waals surface area contributed by atoms with Crippen molar-refractivity contribution in [2.24, 2.45) is 17.3 Å². The molecule has 6 nitrogen and oxygen atoms in total. The Morgan fingerprint density at radius 2 is 1.82 bits per heavy atom. The molecule has 7 heteroatoms. The summed E-state index contributed by atoms with van der Waals surface area (Å²) in [6.45, 7) is 7.56. The zero-order chi connectivity index (χ0) is 24.5. The van der Waals surface area contributed by atoms with Crippen LogP contribution in [0.5, 0.6) is 0 Å². The molecule has 0 unspecified atom stereocenters. The maximum absolute atomic E-state index is 14.0.